The van der Waals surface area contributed by atoms with Crippen LogP contribution in [0.1, 0.15) is 24.3 Å². The van der Waals surface area contributed by atoms with Gasteiger partial charge in [-0.05, 0) is 24.8 Å². The van der Waals surface area contributed by atoms with E-state index in [2.05, 4.69) is 6.92 Å². The summed E-state index contributed by atoms with van der Waals surface area (Å²) in [6, 6.07) is 1.93. The Labute approximate surface area is 93.0 Å². The second-order valence-electron chi connectivity index (χ2n) is 3.69. The Morgan fingerprint density at radius 1 is 1.71 bits per heavy atom. The molecule has 0 saturated carbocycles. The van der Waals surface area contributed by atoms with Gasteiger partial charge in [0.1, 0.15) is 0 Å². The first-order valence-electron chi connectivity index (χ1n) is 4.80. The van der Waals surface area contributed by atoms with Crippen molar-refractivity contribution in [2.45, 2.75) is 25.5 Å². The lowest BCUT2D eigenvalue weighted by Crippen LogP contribution is -2.25. The molecule has 1 saturated heterocycles. The number of halogens is 1. The van der Waals surface area contributed by atoms with Gasteiger partial charge >= 0.3 is 0 Å². The lowest BCUT2D eigenvalue weighted by atomic mass is 9.93. The molecular formula is C10H14ClNOS. The highest BCUT2D eigenvalue weighted by Gasteiger charge is 2.31. The quantitative estimate of drug-likeness (QED) is 0.850. The largest absolute Gasteiger partial charge is 0.378 e. The molecule has 0 aromatic carbocycles. The van der Waals surface area contributed by atoms with E-state index < -0.39 is 0 Å². The van der Waals surface area contributed by atoms with E-state index in [1.165, 1.54) is 0 Å². The molecule has 0 amide bonds. The first-order chi connectivity index (χ1) is 6.70. The zero-order valence-electron chi connectivity index (χ0n) is 8.07. The van der Waals surface area contributed by atoms with Gasteiger partial charge in [-0.1, -0.05) is 11.6 Å². The fourth-order valence-electron chi connectivity index (χ4n) is 1.96. The Morgan fingerprint density at radius 2 is 2.50 bits per heavy atom. The van der Waals surface area contributed by atoms with Gasteiger partial charge in [0, 0.05) is 23.4 Å². The number of hydrogen-bond acceptors (Lipinski definition) is 3. The van der Waals surface area contributed by atoms with Gasteiger partial charge in [-0.2, -0.15) is 0 Å². The minimum absolute atomic E-state index is 0.0278. The molecule has 3 unspecified atom stereocenters. The maximum atomic E-state index is 6.18. The van der Waals surface area contributed by atoms with Crippen LogP contribution in [0.25, 0.3) is 0 Å². The zero-order valence-corrected chi connectivity index (χ0v) is 9.65. The van der Waals surface area contributed by atoms with Crippen molar-refractivity contribution in [2.75, 3.05) is 6.61 Å². The van der Waals surface area contributed by atoms with Crippen molar-refractivity contribution in [1.82, 2.24) is 0 Å². The highest BCUT2D eigenvalue weighted by Crippen LogP contribution is 2.37. The summed E-state index contributed by atoms with van der Waals surface area (Å²) in [4.78, 5) is 1.09. The summed E-state index contributed by atoms with van der Waals surface area (Å²) in [7, 11) is 0. The van der Waals surface area contributed by atoms with Crippen molar-refractivity contribution in [1.29, 1.82) is 0 Å². The Hall–Kier alpha value is -0.0900. The van der Waals surface area contributed by atoms with Crippen LogP contribution in [0.4, 0.5) is 0 Å². The molecule has 2 N–H and O–H groups in total. The monoisotopic (exact) mass is 231 g/mol. The van der Waals surface area contributed by atoms with Crippen LogP contribution in [0.15, 0.2) is 11.4 Å². The molecule has 0 spiro atoms. The smallest absolute Gasteiger partial charge is 0.0594 e. The van der Waals surface area contributed by atoms with Crippen LogP contribution >= 0.6 is 22.9 Å². The molecule has 14 heavy (non-hydrogen) atoms. The van der Waals surface area contributed by atoms with E-state index in [4.69, 9.17) is 22.1 Å². The van der Waals surface area contributed by atoms with Crippen molar-refractivity contribution in [3.05, 3.63) is 21.3 Å². The summed E-state index contributed by atoms with van der Waals surface area (Å²) in [5.74, 6) is 0.408. The molecule has 1 aliphatic rings. The molecule has 1 aromatic heterocycles. The lowest BCUT2D eigenvalue weighted by molar-refractivity contribution is 0.0998. The third-order valence-electron chi connectivity index (χ3n) is 2.84. The first-order valence-corrected chi connectivity index (χ1v) is 6.06. The molecule has 78 valence electrons. The molecule has 0 bridgehead atoms. The highest BCUT2D eigenvalue weighted by atomic mass is 35.5. The van der Waals surface area contributed by atoms with Gasteiger partial charge < -0.3 is 10.5 Å². The maximum Gasteiger partial charge on any atom is 0.0594 e. The fraction of sp³-hybridized carbons (Fsp3) is 0.600. The molecule has 2 rings (SSSR count). The van der Waals surface area contributed by atoms with Crippen molar-refractivity contribution in [3.8, 4) is 0 Å². The van der Waals surface area contributed by atoms with Crippen molar-refractivity contribution >= 4 is 22.9 Å². The maximum absolute atomic E-state index is 6.18. The van der Waals surface area contributed by atoms with Gasteiger partial charge in [0.25, 0.3) is 0 Å². The third kappa shape index (κ3) is 1.82. The molecule has 2 nitrogen and oxygen atoms in total. The highest BCUT2D eigenvalue weighted by molar-refractivity contribution is 7.10. The predicted molar refractivity (Wildman–Crippen MR) is 59.8 cm³/mol. The summed E-state index contributed by atoms with van der Waals surface area (Å²) >= 11 is 7.68. The van der Waals surface area contributed by atoms with Gasteiger partial charge in [-0.25, -0.2) is 0 Å². The van der Waals surface area contributed by atoms with E-state index in [-0.39, 0.29) is 12.1 Å². The van der Waals surface area contributed by atoms with Crippen LogP contribution in [-0.4, -0.2) is 12.7 Å². The molecule has 1 fully saturated rings. The minimum atomic E-state index is 0.0278. The van der Waals surface area contributed by atoms with Gasteiger partial charge in [-0.3, -0.25) is 0 Å². The number of nitrogens with two attached hydrogens (primary N) is 1. The van der Waals surface area contributed by atoms with E-state index in [0.717, 1.165) is 22.9 Å². The average molecular weight is 232 g/mol. The molecule has 3 atom stereocenters. The second kappa shape index (κ2) is 4.19. The van der Waals surface area contributed by atoms with E-state index in [0.29, 0.717) is 5.92 Å². The number of ether oxygens (including phenoxy) is 1. The predicted octanol–water partition coefficient (Wildman–Crippen LogP) is 2.83. The molecule has 1 aliphatic heterocycles. The second-order valence-corrected chi connectivity index (χ2v) is 5.04. The van der Waals surface area contributed by atoms with Gasteiger partial charge in [0.15, 0.2) is 0 Å². The molecular weight excluding hydrogens is 218 g/mol. The van der Waals surface area contributed by atoms with E-state index in [1.54, 1.807) is 11.3 Å². The topological polar surface area (TPSA) is 35.2 Å². The van der Waals surface area contributed by atoms with Crippen LogP contribution in [0, 0.1) is 5.92 Å². The minimum Gasteiger partial charge on any atom is -0.378 e. The van der Waals surface area contributed by atoms with E-state index >= 15 is 0 Å². The van der Waals surface area contributed by atoms with Crippen LogP contribution in [-0.2, 0) is 4.74 Å². The van der Waals surface area contributed by atoms with Gasteiger partial charge in [-0.15, -0.1) is 11.3 Å². The lowest BCUT2D eigenvalue weighted by Gasteiger charge is -2.21. The Bertz CT molecular complexity index is 315. The fourth-order valence-corrected chi connectivity index (χ4v) is 3.22. The summed E-state index contributed by atoms with van der Waals surface area (Å²) in [5.41, 5.74) is 6.18. The normalized spacial score (nSPS) is 29.4. The standard InChI is InChI=1S/C10H14ClNOS/c1-6-7(2-4-13-6)9(12)10-8(11)3-5-14-10/h3,5-7,9H,2,4,12H2,1H3. The molecule has 0 radical (unpaired) electrons. The molecule has 0 aliphatic carbocycles. The van der Waals surface area contributed by atoms with Crippen molar-refractivity contribution in [2.24, 2.45) is 11.7 Å². The summed E-state index contributed by atoms with van der Waals surface area (Å²) in [6.45, 7) is 2.90. The Morgan fingerprint density at radius 3 is 3.00 bits per heavy atom. The molecule has 4 heteroatoms. The first kappa shape index (κ1) is 10.4. The van der Waals surface area contributed by atoms with Crippen molar-refractivity contribution in [3.63, 3.8) is 0 Å². The summed E-state index contributed by atoms with van der Waals surface area (Å²) < 4.78 is 5.51. The Balaban J connectivity index is 2.15. The molecule has 1 aromatic rings. The Kier molecular flexibility index (Phi) is 3.12. The summed E-state index contributed by atoms with van der Waals surface area (Å²) in [6.07, 6.45) is 1.29. The van der Waals surface area contributed by atoms with Crippen molar-refractivity contribution < 1.29 is 4.74 Å². The number of rotatable bonds is 2. The SMILES string of the molecule is CC1OCCC1C(N)c1sccc1Cl. The van der Waals surface area contributed by atoms with E-state index in [1.807, 2.05) is 11.4 Å². The average Bonchev–Trinajstić information content (AvgIpc) is 2.73. The number of hydrogen-bond donors (Lipinski definition) is 1. The van der Waals surface area contributed by atoms with Crippen LogP contribution < -0.4 is 5.73 Å². The number of thiophene rings is 1. The van der Waals surface area contributed by atoms with Crippen LogP contribution in [0.3, 0.4) is 0 Å². The van der Waals surface area contributed by atoms with Crippen LogP contribution in [0.5, 0.6) is 0 Å². The zero-order chi connectivity index (χ0) is 10.1. The van der Waals surface area contributed by atoms with E-state index in [9.17, 15) is 0 Å². The van der Waals surface area contributed by atoms with Crippen LogP contribution in [0.2, 0.25) is 5.02 Å². The molecule has 2 heterocycles. The van der Waals surface area contributed by atoms with Gasteiger partial charge in [0.05, 0.1) is 11.1 Å². The third-order valence-corrected chi connectivity index (χ3v) is 4.30. The van der Waals surface area contributed by atoms with Gasteiger partial charge in [0.2, 0.25) is 0 Å². The summed E-state index contributed by atoms with van der Waals surface area (Å²) in [5, 5.41) is 2.78.